The zero-order valence-corrected chi connectivity index (χ0v) is 11.7. The Hall–Kier alpha value is -2.15. The van der Waals surface area contributed by atoms with Crippen LogP contribution in [0.3, 0.4) is 0 Å². The summed E-state index contributed by atoms with van der Waals surface area (Å²) in [7, 11) is 0. The number of anilines is 1. The summed E-state index contributed by atoms with van der Waals surface area (Å²) in [6, 6.07) is 3.75. The smallest absolute Gasteiger partial charge is 0.335 e. The first kappa shape index (κ1) is 15.2. The first-order chi connectivity index (χ1) is 10.0. The van der Waals surface area contributed by atoms with Crippen molar-refractivity contribution in [1.82, 2.24) is 0 Å². The molecule has 1 heterocycles. The van der Waals surface area contributed by atoms with Crippen LogP contribution in [0.25, 0.3) is 0 Å². The molecule has 0 bridgehead atoms. The van der Waals surface area contributed by atoms with E-state index >= 15 is 0 Å². The molecule has 0 spiro atoms. The summed E-state index contributed by atoms with van der Waals surface area (Å²) in [5.74, 6) is -0.827. The molecule has 1 saturated heterocycles. The molecule has 1 aromatic rings. The van der Waals surface area contributed by atoms with E-state index in [1.54, 1.807) is 0 Å². The van der Waals surface area contributed by atoms with Gasteiger partial charge in [-0.25, -0.2) is 4.79 Å². The highest BCUT2D eigenvalue weighted by molar-refractivity contribution is 5.90. The van der Waals surface area contributed by atoms with Crippen molar-refractivity contribution in [3.05, 3.63) is 33.9 Å². The van der Waals surface area contributed by atoms with Gasteiger partial charge in [-0.05, 0) is 25.0 Å². The van der Waals surface area contributed by atoms with Crippen molar-refractivity contribution in [3.8, 4) is 0 Å². The number of hydrogen-bond donors (Lipinski definition) is 2. The van der Waals surface area contributed by atoms with E-state index in [2.05, 4.69) is 5.32 Å². The SMILES string of the molecule is CCC1OCCC1CNc1cc(C(=O)O)ccc1[N+](=O)[O-]. The van der Waals surface area contributed by atoms with Crippen LogP contribution in [0, 0.1) is 16.0 Å². The average molecular weight is 294 g/mol. The maximum atomic E-state index is 11.0. The molecule has 114 valence electrons. The van der Waals surface area contributed by atoms with E-state index in [9.17, 15) is 14.9 Å². The zero-order valence-electron chi connectivity index (χ0n) is 11.7. The Morgan fingerprint density at radius 3 is 2.95 bits per heavy atom. The van der Waals surface area contributed by atoms with E-state index in [0.717, 1.165) is 12.8 Å². The van der Waals surface area contributed by atoms with E-state index in [1.165, 1.54) is 18.2 Å². The lowest BCUT2D eigenvalue weighted by atomic mass is 9.99. The molecule has 0 radical (unpaired) electrons. The number of ether oxygens (including phenoxy) is 1. The number of carboxylic acid groups (broad SMARTS) is 1. The summed E-state index contributed by atoms with van der Waals surface area (Å²) in [6.07, 6.45) is 1.95. The second-order valence-electron chi connectivity index (χ2n) is 5.04. The van der Waals surface area contributed by atoms with Gasteiger partial charge in [-0.15, -0.1) is 0 Å². The molecule has 1 aromatic carbocycles. The third-order valence-electron chi connectivity index (χ3n) is 3.74. The van der Waals surface area contributed by atoms with E-state index in [-0.39, 0.29) is 29.0 Å². The normalized spacial score (nSPS) is 21.2. The minimum absolute atomic E-state index is 0.0258. The van der Waals surface area contributed by atoms with Gasteiger partial charge in [0.05, 0.1) is 16.6 Å². The number of rotatable bonds is 6. The van der Waals surface area contributed by atoms with Crippen LogP contribution in [-0.2, 0) is 4.74 Å². The molecule has 7 nitrogen and oxygen atoms in total. The first-order valence-corrected chi connectivity index (χ1v) is 6.90. The van der Waals surface area contributed by atoms with Gasteiger partial charge in [-0.1, -0.05) is 6.92 Å². The van der Waals surface area contributed by atoms with Gasteiger partial charge >= 0.3 is 5.97 Å². The summed E-state index contributed by atoms with van der Waals surface area (Å²) in [5, 5.41) is 23.0. The predicted octanol–water partition coefficient (Wildman–Crippen LogP) is 2.52. The number of nitrogens with zero attached hydrogens (tertiary/aromatic N) is 1. The Labute approximate surface area is 122 Å². The second-order valence-corrected chi connectivity index (χ2v) is 5.04. The largest absolute Gasteiger partial charge is 0.478 e. The van der Waals surface area contributed by atoms with Crippen molar-refractivity contribution < 1.29 is 19.6 Å². The fraction of sp³-hybridized carbons (Fsp3) is 0.500. The minimum Gasteiger partial charge on any atom is -0.478 e. The number of carboxylic acids is 1. The Kier molecular flexibility index (Phi) is 4.74. The number of hydrogen-bond acceptors (Lipinski definition) is 5. The van der Waals surface area contributed by atoms with Crippen LogP contribution in [0.1, 0.15) is 30.1 Å². The molecule has 1 fully saturated rings. The van der Waals surface area contributed by atoms with Gasteiger partial charge in [0.1, 0.15) is 5.69 Å². The second kappa shape index (κ2) is 6.53. The average Bonchev–Trinajstić information content (AvgIpc) is 2.91. The molecular weight excluding hydrogens is 276 g/mol. The number of nitro groups is 1. The topological polar surface area (TPSA) is 102 Å². The third kappa shape index (κ3) is 3.49. The first-order valence-electron chi connectivity index (χ1n) is 6.90. The molecule has 7 heteroatoms. The number of nitro benzene ring substituents is 1. The highest BCUT2D eigenvalue weighted by atomic mass is 16.6. The fourth-order valence-electron chi connectivity index (χ4n) is 2.59. The van der Waals surface area contributed by atoms with Crippen molar-refractivity contribution in [2.24, 2.45) is 5.92 Å². The molecule has 0 aliphatic carbocycles. The van der Waals surface area contributed by atoms with Gasteiger partial charge in [-0.2, -0.15) is 0 Å². The van der Waals surface area contributed by atoms with Crippen LogP contribution in [0.2, 0.25) is 0 Å². The Morgan fingerprint density at radius 1 is 1.57 bits per heavy atom. The van der Waals surface area contributed by atoms with E-state index in [4.69, 9.17) is 9.84 Å². The molecule has 1 aliphatic heterocycles. The Balaban J connectivity index is 2.15. The maximum Gasteiger partial charge on any atom is 0.335 e. The standard InChI is InChI=1S/C14H18N2O5/c1-2-13-10(5-6-21-13)8-15-11-7-9(14(17)18)3-4-12(11)16(19)20/h3-4,7,10,13,15H,2,5-6,8H2,1H3,(H,17,18). The Morgan fingerprint density at radius 2 is 2.33 bits per heavy atom. The monoisotopic (exact) mass is 294 g/mol. The summed E-state index contributed by atoms with van der Waals surface area (Å²) in [4.78, 5) is 21.5. The highest BCUT2D eigenvalue weighted by Crippen LogP contribution is 2.28. The van der Waals surface area contributed by atoms with E-state index in [0.29, 0.717) is 13.2 Å². The molecule has 2 rings (SSSR count). The van der Waals surface area contributed by atoms with Gasteiger partial charge in [0.25, 0.3) is 5.69 Å². The van der Waals surface area contributed by atoms with E-state index in [1.807, 2.05) is 6.92 Å². The number of carbonyl (C=O) groups is 1. The molecule has 1 aliphatic rings. The van der Waals surface area contributed by atoms with Crippen molar-refractivity contribution in [1.29, 1.82) is 0 Å². The van der Waals surface area contributed by atoms with Crippen LogP contribution in [0.15, 0.2) is 18.2 Å². The predicted molar refractivity (Wildman–Crippen MR) is 76.7 cm³/mol. The van der Waals surface area contributed by atoms with Crippen molar-refractivity contribution in [2.45, 2.75) is 25.9 Å². The van der Waals surface area contributed by atoms with Gasteiger partial charge in [0.15, 0.2) is 0 Å². The highest BCUT2D eigenvalue weighted by Gasteiger charge is 2.27. The maximum absolute atomic E-state index is 11.0. The number of aromatic carboxylic acids is 1. The lowest BCUT2D eigenvalue weighted by Crippen LogP contribution is -2.23. The lowest BCUT2D eigenvalue weighted by molar-refractivity contribution is -0.384. The van der Waals surface area contributed by atoms with Gasteiger partial charge in [-0.3, -0.25) is 10.1 Å². The molecule has 2 atom stereocenters. The third-order valence-corrected chi connectivity index (χ3v) is 3.74. The number of benzene rings is 1. The van der Waals surface area contributed by atoms with Crippen molar-refractivity contribution in [2.75, 3.05) is 18.5 Å². The molecule has 0 amide bonds. The molecule has 0 saturated carbocycles. The summed E-state index contributed by atoms with van der Waals surface area (Å²) < 4.78 is 5.57. The summed E-state index contributed by atoms with van der Waals surface area (Å²) in [5.41, 5.74) is 0.145. The van der Waals surface area contributed by atoms with Crippen molar-refractivity contribution in [3.63, 3.8) is 0 Å². The van der Waals surface area contributed by atoms with Crippen LogP contribution < -0.4 is 5.32 Å². The molecule has 21 heavy (non-hydrogen) atoms. The number of nitrogens with one attached hydrogen (secondary N) is 1. The van der Waals surface area contributed by atoms with Crippen LogP contribution in [0.5, 0.6) is 0 Å². The van der Waals surface area contributed by atoms with Crippen LogP contribution >= 0.6 is 0 Å². The van der Waals surface area contributed by atoms with Gasteiger partial charge in [0.2, 0.25) is 0 Å². The summed E-state index contributed by atoms with van der Waals surface area (Å²) in [6.45, 7) is 3.26. The van der Waals surface area contributed by atoms with Crippen LogP contribution in [-0.4, -0.2) is 35.3 Å². The molecular formula is C14H18N2O5. The summed E-state index contributed by atoms with van der Waals surface area (Å²) >= 11 is 0. The quantitative estimate of drug-likeness (QED) is 0.617. The molecule has 2 unspecified atom stereocenters. The fourth-order valence-corrected chi connectivity index (χ4v) is 2.59. The Bertz CT molecular complexity index is 546. The van der Waals surface area contributed by atoms with E-state index < -0.39 is 10.9 Å². The minimum atomic E-state index is -1.11. The van der Waals surface area contributed by atoms with Crippen LogP contribution in [0.4, 0.5) is 11.4 Å². The zero-order chi connectivity index (χ0) is 15.4. The van der Waals surface area contributed by atoms with Gasteiger partial charge < -0.3 is 15.2 Å². The molecule has 2 N–H and O–H groups in total. The van der Waals surface area contributed by atoms with Gasteiger partial charge in [0, 0.05) is 25.1 Å². The molecule has 0 aromatic heterocycles. The lowest BCUT2D eigenvalue weighted by Gasteiger charge is -2.18. The van der Waals surface area contributed by atoms with Crippen molar-refractivity contribution >= 4 is 17.3 Å².